The molecule has 3 N–H and O–H groups in total. The van der Waals surface area contributed by atoms with Crippen LogP contribution in [0.25, 0.3) is 22.4 Å². The van der Waals surface area contributed by atoms with E-state index in [2.05, 4.69) is 66.3 Å². The van der Waals surface area contributed by atoms with Crippen LogP contribution in [0.3, 0.4) is 0 Å². The van der Waals surface area contributed by atoms with Crippen molar-refractivity contribution in [2.45, 2.75) is 20.3 Å². The minimum atomic E-state index is -0.835. The van der Waals surface area contributed by atoms with E-state index in [0.717, 1.165) is 28.8 Å². The predicted octanol–water partition coefficient (Wildman–Crippen LogP) is 4.90. The van der Waals surface area contributed by atoms with E-state index < -0.39 is 6.09 Å². The van der Waals surface area contributed by atoms with Gasteiger partial charge in [-0.15, -0.1) is 0 Å². The summed E-state index contributed by atoms with van der Waals surface area (Å²) in [4.78, 5) is 18.8. The molecule has 0 bridgehead atoms. The number of carbonyl (C=O) groups excluding carboxylic acids is 1. The molecular weight excluding hydrogens is 350 g/mol. The Bertz CT molecular complexity index is 1160. The topological polar surface area (TPSA) is 81.0 Å². The molecule has 0 fully saturated rings. The van der Waals surface area contributed by atoms with Crippen LogP contribution in [-0.2, 0) is 6.42 Å². The van der Waals surface area contributed by atoms with E-state index in [1.165, 1.54) is 22.3 Å². The van der Waals surface area contributed by atoms with Crippen LogP contribution in [0.1, 0.15) is 22.3 Å². The number of nitrogens with zero attached hydrogens (tertiary/aromatic N) is 1. The number of carbonyl (C=O) groups is 1. The monoisotopic (exact) mass is 371 g/mol. The van der Waals surface area contributed by atoms with Crippen molar-refractivity contribution in [3.8, 4) is 17.1 Å². The van der Waals surface area contributed by atoms with Gasteiger partial charge in [-0.3, -0.25) is 0 Å². The van der Waals surface area contributed by atoms with Crippen LogP contribution in [-0.4, -0.2) is 16.1 Å². The van der Waals surface area contributed by atoms with Crippen LogP contribution in [0.5, 0.6) is 5.75 Å². The van der Waals surface area contributed by atoms with Gasteiger partial charge in [0.2, 0.25) is 0 Å². The van der Waals surface area contributed by atoms with Crippen LogP contribution in [0.2, 0.25) is 0 Å². The molecule has 28 heavy (non-hydrogen) atoms. The highest BCUT2D eigenvalue weighted by atomic mass is 16.5. The summed E-state index contributed by atoms with van der Waals surface area (Å²) in [7, 11) is 0. The first kappa shape index (κ1) is 17.8. The third kappa shape index (κ3) is 3.74. The van der Waals surface area contributed by atoms with Gasteiger partial charge in [0.15, 0.2) is 0 Å². The van der Waals surface area contributed by atoms with Crippen molar-refractivity contribution < 1.29 is 9.53 Å². The van der Waals surface area contributed by atoms with Gasteiger partial charge in [-0.05, 0) is 54.7 Å². The lowest BCUT2D eigenvalue weighted by Crippen LogP contribution is -2.16. The minimum absolute atomic E-state index is 0.388. The standard InChI is InChI=1S/C23H21N3O2/c1-14-3-4-17(11-15(14)2)12-16-5-7-18(8-6-16)22-25-20-10-9-19(28-23(24)27)13-21(20)26-22/h3-11,13H,12H2,1-2H3,(H2,24,27)(H,25,26). The van der Waals surface area contributed by atoms with Crippen molar-refractivity contribution in [2.24, 2.45) is 5.73 Å². The summed E-state index contributed by atoms with van der Waals surface area (Å²) in [5, 5.41) is 0. The summed E-state index contributed by atoms with van der Waals surface area (Å²) in [5.74, 6) is 1.16. The first-order valence-corrected chi connectivity index (χ1v) is 9.10. The molecule has 0 aliphatic carbocycles. The number of imidazole rings is 1. The SMILES string of the molecule is Cc1ccc(Cc2ccc(-c3nc4ccc(OC(N)=O)cc4[nH]3)cc2)cc1C. The maximum atomic E-state index is 10.9. The molecule has 0 unspecified atom stereocenters. The van der Waals surface area contributed by atoms with Crippen molar-refractivity contribution in [3.05, 3.63) is 82.9 Å². The fourth-order valence-electron chi connectivity index (χ4n) is 3.23. The molecule has 4 rings (SSSR count). The van der Waals surface area contributed by atoms with Crippen molar-refractivity contribution in [1.29, 1.82) is 0 Å². The van der Waals surface area contributed by atoms with Gasteiger partial charge in [-0.2, -0.15) is 0 Å². The van der Waals surface area contributed by atoms with Crippen LogP contribution in [0, 0.1) is 13.8 Å². The molecule has 140 valence electrons. The number of benzene rings is 3. The maximum absolute atomic E-state index is 10.9. The Hall–Kier alpha value is -3.60. The Balaban J connectivity index is 1.56. The molecule has 0 spiro atoms. The third-order valence-corrected chi connectivity index (χ3v) is 4.88. The zero-order valence-corrected chi connectivity index (χ0v) is 15.8. The lowest BCUT2D eigenvalue weighted by molar-refractivity contribution is 0.211. The Labute approximate surface area is 163 Å². The highest BCUT2D eigenvalue weighted by molar-refractivity contribution is 5.81. The molecule has 0 radical (unpaired) electrons. The molecule has 0 saturated carbocycles. The number of rotatable bonds is 4. The number of nitrogens with one attached hydrogen (secondary N) is 1. The number of hydrogen-bond donors (Lipinski definition) is 2. The molecule has 0 aliphatic rings. The summed E-state index contributed by atoms with van der Waals surface area (Å²) in [6, 6.07) is 20.2. The normalized spacial score (nSPS) is 10.9. The smallest absolute Gasteiger partial charge is 0.409 e. The zero-order chi connectivity index (χ0) is 19.7. The summed E-state index contributed by atoms with van der Waals surface area (Å²) in [6.45, 7) is 4.27. The second-order valence-electron chi connectivity index (χ2n) is 6.98. The average Bonchev–Trinajstić information content (AvgIpc) is 3.08. The Morgan fingerprint density at radius 2 is 1.71 bits per heavy atom. The van der Waals surface area contributed by atoms with Gasteiger partial charge in [0.05, 0.1) is 11.0 Å². The van der Waals surface area contributed by atoms with Crippen LogP contribution in [0.4, 0.5) is 4.79 Å². The Kier molecular flexibility index (Phi) is 4.57. The molecular formula is C23H21N3O2. The quantitative estimate of drug-likeness (QED) is 0.536. The molecule has 1 heterocycles. The van der Waals surface area contributed by atoms with Crippen molar-refractivity contribution in [2.75, 3.05) is 0 Å². The number of aromatic nitrogens is 2. The van der Waals surface area contributed by atoms with Crippen molar-refractivity contribution in [3.63, 3.8) is 0 Å². The highest BCUT2D eigenvalue weighted by Gasteiger charge is 2.08. The van der Waals surface area contributed by atoms with E-state index in [-0.39, 0.29) is 0 Å². The number of primary amides is 1. The molecule has 5 heteroatoms. The molecule has 5 nitrogen and oxygen atoms in total. The summed E-state index contributed by atoms with van der Waals surface area (Å²) >= 11 is 0. The first-order chi connectivity index (χ1) is 13.5. The predicted molar refractivity (Wildman–Crippen MR) is 110 cm³/mol. The molecule has 0 saturated heterocycles. The van der Waals surface area contributed by atoms with Gasteiger partial charge in [-0.25, -0.2) is 9.78 Å². The lowest BCUT2D eigenvalue weighted by atomic mass is 10.00. The summed E-state index contributed by atoms with van der Waals surface area (Å²) in [5.41, 5.74) is 12.8. The molecule has 4 aromatic rings. The zero-order valence-electron chi connectivity index (χ0n) is 15.8. The Morgan fingerprint density at radius 1 is 0.964 bits per heavy atom. The van der Waals surface area contributed by atoms with Crippen LogP contribution in [0.15, 0.2) is 60.7 Å². The number of aryl methyl sites for hydroxylation is 2. The number of amides is 1. The van der Waals surface area contributed by atoms with Crippen molar-refractivity contribution in [1.82, 2.24) is 9.97 Å². The van der Waals surface area contributed by atoms with Gasteiger partial charge in [0.1, 0.15) is 11.6 Å². The number of ether oxygens (including phenoxy) is 1. The van der Waals surface area contributed by atoms with Gasteiger partial charge >= 0.3 is 6.09 Å². The van der Waals surface area contributed by atoms with E-state index in [0.29, 0.717) is 5.75 Å². The Morgan fingerprint density at radius 3 is 2.43 bits per heavy atom. The van der Waals surface area contributed by atoms with E-state index in [4.69, 9.17) is 10.5 Å². The fraction of sp³-hybridized carbons (Fsp3) is 0.130. The largest absolute Gasteiger partial charge is 0.410 e. The lowest BCUT2D eigenvalue weighted by Gasteiger charge is -2.06. The number of fused-ring (bicyclic) bond motifs is 1. The second-order valence-corrected chi connectivity index (χ2v) is 6.98. The highest BCUT2D eigenvalue weighted by Crippen LogP contribution is 2.25. The van der Waals surface area contributed by atoms with Gasteiger partial charge in [0, 0.05) is 11.6 Å². The van der Waals surface area contributed by atoms with Gasteiger partial charge in [0.25, 0.3) is 0 Å². The van der Waals surface area contributed by atoms with E-state index >= 15 is 0 Å². The van der Waals surface area contributed by atoms with Crippen LogP contribution < -0.4 is 10.5 Å². The molecule has 3 aromatic carbocycles. The maximum Gasteiger partial charge on any atom is 0.409 e. The van der Waals surface area contributed by atoms with Crippen molar-refractivity contribution >= 4 is 17.1 Å². The summed E-state index contributed by atoms with van der Waals surface area (Å²) in [6.07, 6.45) is 0.0634. The van der Waals surface area contributed by atoms with Crippen LogP contribution >= 0.6 is 0 Å². The fourth-order valence-corrected chi connectivity index (χ4v) is 3.23. The van der Waals surface area contributed by atoms with E-state index in [1.807, 2.05) is 0 Å². The van der Waals surface area contributed by atoms with Gasteiger partial charge < -0.3 is 15.5 Å². The summed E-state index contributed by atoms with van der Waals surface area (Å²) < 4.78 is 4.92. The molecule has 0 atom stereocenters. The number of nitrogens with two attached hydrogens (primary N) is 1. The second kappa shape index (κ2) is 7.19. The molecule has 1 amide bonds. The molecule has 1 aromatic heterocycles. The number of H-pyrrole nitrogens is 1. The number of aromatic amines is 1. The molecule has 0 aliphatic heterocycles. The van der Waals surface area contributed by atoms with Gasteiger partial charge in [-0.1, -0.05) is 42.5 Å². The average molecular weight is 371 g/mol. The first-order valence-electron chi connectivity index (χ1n) is 9.10. The third-order valence-electron chi connectivity index (χ3n) is 4.88. The minimum Gasteiger partial charge on any atom is -0.410 e. The van der Waals surface area contributed by atoms with E-state index in [9.17, 15) is 4.79 Å². The van der Waals surface area contributed by atoms with E-state index in [1.54, 1.807) is 18.2 Å². The number of hydrogen-bond acceptors (Lipinski definition) is 3.